The summed E-state index contributed by atoms with van der Waals surface area (Å²) in [7, 11) is -1.14. The normalized spacial score (nSPS) is 14.2. The quantitative estimate of drug-likeness (QED) is 0.814. The van der Waals surface area contributed by atoms with E-state index in [1.165, 1.54) is 0 Å². The van der Waals surface area contributed by atoms with E-state index in [2.05, 4.69) is 5.32 Å². The van der Waals surface area contributed by atoms with Crippen molar-refractivity contribution in [3.8, 4) is 0 Å². The average molecular weight is 274 g/mol. The van der Waals surface area contributed by atoms with Crippen LogP contribution in [-0.2, 0) is 10.8 Å². The smallest absolute Gasteiger partial charge is 0.337 e. The zero-order valence-corrected chi connectivity index (χ0v) is 10.8. The zero-order valence-electron chi connectivity index (χ0n) is 9.98. The maximum atomic E-state index is 11.7. The van der Waals surface area contributed by atoms with Gasteiger partial charge >= 0.3 is 12.2 Å². The summed E-state index contributed by atoms with van der Waals surface area (Å²) in [4.78, 5) is 10.9. The van der Waals surface area contributed by atoms with Crippen LogP contribution < -0.4 is 10.6 Å². The van der Waals surface area contributed by atoms with Gasteiger partial charge in [-0.2, -0.15) is 13.2 Å². The van der Waals surface area contributed by atoms with Crippen molar-refractivity contribution >= 4 is 16.8 Å². The molecule has 0 saturated heterocycles. The van der Waals surface area contributed by atoms with Crippen LogP contribution in [0.5, 0.6) is 0 Å². The molecule has 4 nitrogen and oxygen atoms in total. The second-order valence-electron chi connectivity index (χ2n) is 4.39. The van der Waals surface area contributed by atoms with Crippen LogP contribution in [0.1, 0.15) is 20.8 Å². The Labute approximate surface area is 101 Å². The van der Waals surface area contributed by atoms with E-state index in [4.69, 9.17) is 0 Å². The number of halogens is 3. The Morgan fingerprint density at radius 3 is 2.12 bits per heavy atom. The number of alkyl halides is 3. The Bertz CT molecular complexity index is 287. The van der Waals surface area contributed by atoms with Gasteiger partial charge in [0.05, 0.1) is 0 Å². The first-order chi connectivity index (χ1) is 7.52. The third-order valence-electron chi connectivity index (χ3n) is 1.71. The molecule has 0 spiro atoms. The van der Waals surface area contributed by atoms with Crippen LogP contribution in [0.2, 0.25) is 0 Å². The third kappa shape index (κ3) is 8.96. The first-order valence-corrected chi connectivity index (χ1v) is 6.31. The summed E-state index contributed by atoms with van der Waals surface area (Å²) in [5, 5.41) is 3.88. The van der Waals surface area contributed by atoms with Crippen molar-refractivity contribution in [2.45, 2.75) is 31.7 Å². The number of amides is 2. The molecule has 0 aliphatic rings. The average Bonchev–Trinajstić information content (AvgIpc) is 2.12. The lowest BCUT2D eigenvalue weighted by Gasteiger charge is -2.17. The lowest BCUT2D eigenvalue weighted by molar-refractivity contribution is -0.122. The highest BCUT2D eigenvalue weighted by Gasteiger charge is 2.27. The van der Waals surface area contributed by atoms with Crippen molar-refractivity contribution in [2.75, 3.05) is 18.8 Å². The van der Waals surface area contributed by atoms with Crippen molar-refractivity contribution in [3.05, 3.63) is 0 Å². The SMILES string of the molecule is CC(C)(C)S(=O)CCNC(=O)NCC(F)(F)F. The van der Waals surface area contributed by atoms with E-state index in [0.29, 0.717) is 0 Å². The molecule has 102 valence electrons. The summed E-state index contributed by atoms with van der Waals surface area (Å²) in [6, 6.07) is -0.909. The molecule has 1 unspecified atom stereocenters. The van der Waals surface area contributed by atoms with Crippen LogP contribution in [-0.4, -0.2) is 40.0 Å². The van der Waals surface area contributed by atoms with Gasteiger partial charge < -0.3 is 10.6 Å². The lowest BCUT2D eigenvalue weighted by atomic mass is 10.3. The van der Waals surface area contributed by atoms with E-state index in [1.807, 2.05) is 0 Å². The van der Waals surface area contributed by atoms with Gasteiger partial charge in [-0.3, -0.25) is 4.21 Å². The largest absolute Gasteiger partial charge is 0.405 e. The number of nitrogens with one attached hydrogen (secondary N) is 2. The molecule has 0 radical (unpaired) electrons. The molecule has 0 aliphatic heterocycles. The molecule has 2 N–H and O–H groups in total. The molecule has 17 heavy (non-hydrogen) atoms. The molecular weight excluding hydrogens is 257 g/mol. The van der Waals surface area contributed by atoms with Gasteiger partial charge in [0.15, 0.2) is 0 Å². The summed E-state index contributed by atoms with van der Waals surface area (Å²) in [6.07, 6.45) is -4.43. The first kappa shape index (κ1) is 16.2. The molecular formula is C9H17F3N2O2S. The monoisotopic (exact) mass is 274 g/mol. The number of carbonyl (C=O) groups excluding carboxylic acids is 1. The summed E-state index contributed by atoms with van der Waals surface area (Å²) >= 11 is 0. The van der Waals surface area contributed by atoms with Crippen LogP contribution in [0.15, 0.2) is 0 Å². The van der Waals surface area contributed by atoms with Crippen LogP contribution in [0.25, 0.3) is 0 Å². The molecule has 0 heterocycles. The molecule has 0 saturated carbocycles. The highest BCUT2D eigenvalue weighted by Crippen LogP contribution is 2.12. The summed E-state index contributed by atoms with van der Waals surface area (Å²) in [5.74, 6) is 0.211. The van der Waals surface area contributed by atoms with Crippen LogP contribution >= 0.6 is 0 Å². The minimum absolute atomic E-state index is 0.0770. The zero-order chi connectivity index (χ0) is 13.7. The first-order valence-electron chi connectivity index (χ1n) is 4.99. The summed E-state index contributed by atoms with van der Waals surface area (Å²) in [6.45, 7) is 4.06. The van der Waals surface area contributed by atoms with Gasteiger partial charge in [-0.25, -0.2) is 4.79 Å². The van der Waals surface area contributed by atoms with Crippen molar-refractivity contribution in [3.63, 3.8) is 0 Å². The molecule has 2 amide bonds. The van der Waals surface area contributed by atoms with Crippen molar-refractivity contribution in [1.82, 2.24) is 10.6 Å². The molecule has 0 aromatic heterocycles. The van der Waals surface area contributed by atoms with Gasteiger partial charge in [0.2, 0.25) is 0 Å². The predicted molar refractivity (Wildman–Crippen MR) is 60.2 cm³/mol. The van der Waals surface area contributed by atoms with Crippen molar-refractivity contribution in [1.29, 1.82) is 0 Å². The summed E-state index contributed by atoms with van der Waals surface area (Å²) in [5.41, 5.74) is 0. The fourth-order valence-corrected chi connectivity index (χ4v) is 1.71. The molecule has 0 fully saturated rings. The molecule has 0 aromatic rings. The topological polar surface area (TPSA) is 58.2 Å². The number of rotatable bonds is 4. The number of urea groups is 1. The maximum Gasteiger partial charge on any atom is 0.405 e. The molecule has 0 aromatic carbocycles. The number of hydrogen-bond donors (Lipinski definition) is 2. The Morgan fingerprint density at radius 2 is 1.71 bits per heavy atom. The lowest BCUT2D eigenvalue weighted by Crippen LogP contribution is -2.42. The van der Waals surface area contributed by atoms with Crippen molar-refractivity contribution in [2.24, 2.45) is 0 Å². The van der Waals surface area contributed by atoms with E-state index in [9.17, 15) is 22.2 Å². The van der Waals surface area contributed by atoms with Gasteiger partial charge in [-0.1, -0.05) is 0 Å². The minimum Gasteiger partial charge on any atom is -0.337 e. The predicted octanol–water partition coefficient (Wildman–Crippen LogP) is 1.40. The van der Waals surface area contributed by atoms with Crippen LogP contribution in [0.3, 0.4) is 0 Å². The van der Waals surface area contributed by atoms with Gasteiger partial charge in [0.1, 0.15) is 6.54 Å². The van der Waals surface area contributed by atoms with E-state index < -0.39 is 34.3 Å². The standard InChI is InChI=1S/C9H17F3N2O2S/c1-8(2,3)17(16)5-4-13-7(15)14-6-9(10,11)12/h4-6H2,1-3H3,(H2,13,14,15). The molecule has 0 aliphatic carbocycles. The number of hydrogen-bond acceptors (Lipinski definition) is 2. The van der Waals surface area contributed by atoms with E-state index >= 15 is 0 Å². The fraction of sp³-hybridized carbons (Fsp3) is 0.889. The third-order valence-corrected chi connectivity index (χ3v) is 3.65. The minimum atomic E-state index is -4.43. The van der Waals surface area contributed by atoms with Crippen LogP contribution in [0.4, 0.5) is 18.0 Å². The maximum absolute atomic E-state index is 11.7. The van der Waals surface area contributed by atoms with Crippen molar-refractivity contribution < 1.29 is 22.2 Å². The fourth-order valence-electron chi connectivity index (χ4n) is 0.806. The van der Waals surface area contributed by atoms with Crippen LogP contribution in [0, 0.1) is 0 Å². The Balaban J connectivity index is 3.77. The van der Waals surface area contributed by atoms with E-state index in [-0.39, 0.29) is 12.3 Å². The molecule has 0 rings (SSSR count). The Hall–Kier alpha value is -0.790. The van der Waals surface area contributed by atoms with Gasteiger partial charge in [0, 0.05) is 27.8 Å². The van der Waals surface area contributed by atoms with Gasteiger partial charge in [0.25, 0.3) is 0 Å². The second-order valence-corrected chi connectivity index (χ2v) is 6.71. The molecule has 0 bridgehead atoms. The highest BCUT2D eigenvalue weighted by atomic mass is 32.2. The number of carbonyl (C=O) groups is 1. The van der Waals surface area contributed by atoms with Gasteiger partial charge in [-0.05, 0) is 20.8 Å². The summed E-state index contributed by atoms with van der Waals surface area (Å²) < 4.78 is 46.3. The molecule has 8 heteroatoms. The Morgan fingerprint density at radius 1 is 1.18 bits per heavy atom. The van der Waals surface area contributed by atoms with E-state index in [0.717, 1.165) is 0 Å². The second kappa shape index (κ2) is 6.23. The molecule has 1 atom stereocenters. The highest BCUT2D eigenvalue weighted by molar-refractivity contribution is 7.86. The van der Waals surface area contributed by atoms with E-state index in [1.54, 1.807) is 26.1 Å². The Kier molecular flexibility index (Phi) is 5.94. The van der Waals surface area contributed by atoms with Gasteiger partial charge in [-0.15, -0.1) is 0 Å².